The van der Waals surface area contributed by atoms with Gasteiger partial charge in [0.05, 0.1) is 0 Å². The summed E-state index contributed by atoms with van der Waals surface area (Å²) in [6, 6.07) is 0. The maximum absolute atomic E-state index is 12.1. The van der Waals surface area contributed by atoms with Crippen LogP contribution < -0.4 is 0 Å². The van der Waals surface area contributed by atoms with Crippen LogP contribution in [0.15, 0.2) is 24.3 Å². The standard InChI is InChI=1S/C7H5ClF3/c8-6(7(9,10)11)4-2-1-3-5-6/h1-5H. The summed E-state index contributed by atoms with van der Waals surface area (Å²) in [5.74, 6) is 0. The van der Waals surface area contributed by atoms with Gasteiger partial charge in [-0.1, -0.05) is 24.3 Å². The Kier molecular flexibility index (Phi) is 2.01. The maximum Gasteiger partial charge on any atom is 0.414 e. The van der Waals surface area contributed by atoms with Gasteiger partial charge in [0.1, 0.15) is 0 Å². The Morgan fingerprint density at radius 2 is 1.55 bits per heavy atom. The molecule has 0 aromatic heterocycles. The summed E-state index contributed by atoms with van der Waals surface area (Å²) in [5.41, 5.74) is 0. The SMILES string of the molecule is FC(F)(F)C1(Cl)C=C[CH]C=C1. The second kappa shape index (κ2) is 2.55. The van der Waals surface area contributed by atoms with Gasteiger partial charge in [-0.05, 0) is 0 Å². The number of hydrogen-bond donors (Lipinski definition) is 0. The van der Waals surface area contributed by atoms with Crippen LogP contribution in [0.5, 0.6) is 0 Å². The zero-order chi connectivity index (χ0) is 8.54. The summed E-state index contributed by atoms with van der Waals surface area (Å²) in [4.78, 5) is -2.30. The van der Waals surface area contributed by atoms with E-state index >= 15 is 0 Å². The van der Waals surface area contributed by atoms with Gasteiger partial charge in [0.25, 0.3) is 0 Å². The van der Waals surface area contributed by atoms with E-state index in [1.807, 2.05) is 0 Å². The topological polar surface area (TPSA) is 0 Å². The number of hydrogen-bond acceptors (Lipinski definition) is 0. The molecule has 0 heterocycles. The molecule has 1 aliphatic carbocycles. The molecular formula is C7H5ClF3. The van der Waals surface area contributed by atoms with Crippen LogP contribution in [-0.2, 0) is 0 Å². The van der Waals surface area contributed by atoms with Crippen LogP contribution in [0.1, 0.15) is 0 Å². The van der Waals surface area contributed by atoms with E-state index in [0.717, 1.165) is 12.2 Å². The normalized spacial score (nSPS) is 22.2. The van der Waals surface area contributed by atoms with Gasteiger partial charge in [-0.3, -0.25) is 0 Å². The van der Waals surface area contributed by atoms with Gasteiger partial charge in [-0.15, -0.1) is 11.6 Å². The third kappa shape index (κ3) is 1.59. The van der Waals surface area contributed by atoms with Crippen molar-refractivity contribution in [3.63, 3.8) is 0 Å². The molecule has 0 saturated heterocycles. The molecule has 0 unspecified atom stereocenters. The Morgan fingerprint density at radius 1 is 1.09 bits per heavy atom. The van der Waals surface area contributed by atoms with Gasteiger partial charge in [0.2, 0.25) is 0 Å². The lowest BCUT2D eigenvalue weighted by Gasteiger charge is -2.24. The van der Waals surface area contributed by atoms with Crippen LogP contribution >= 0.6 is 11.6 Å². The largest absolute Gasteiger partial charge is 0.414 e. The van der Waals surface area contributed by atoms with Crippen molar-refractivity contribution >= 4 is 11.6 Å². The van der Waals surface area contributed by atoms with Crippen molar-refractivity contribution in [2.24, 2.45) is 0 Å². The van der Waals surface area contributed by atoms with Gasteiger partial charge in [0.15, 0.2) is 4.87 Å². The van der Waals surface area contributed by atoms with E-state index in [1.54, 1.807) is 0 Å². The van der Waals surface area contributed by atoms with Crippen LogP contribution in [0.4, 0.5) is 13.2 Å². The van der Waals surface area contributed by atoms with Gasteiger partial charge >= 0.3 is 6.18 Å². The molecular weight excluding hydrogens is 177 g/mol. The van der Waals surface area contributed by atoms with E-state index in [1.165, 1.54) is 18.6 Å². The zero-order valence-corrected chi connectivity index (χ0v) is 6.15. The van der Waals surface area contributed by atoms with Crippen LogP contribution in [0.3, 0.4) is 0 Å². The van der Waals surface area contributed by atoms with E-state index in [4.69, 9.17) is 11.6 Å². The summed E-state index contributed by atoms with van der Waals surface area (Å²) in [6.07, 6.45) is 1.45. The molecule has 0 N–H and O–H groups in total. The van der Waals surface area contributed by atoms with Crippen molar-refractivity contribution in [3.8, 4) is 0 Å². The quantitative estimate of drug-likeness (QED) is 0.504. The molecule has 0 aromatic rings. The molecule has 11 heavy (non-hydrogen) atoms. The number of rotatable bonds is 0. The highest BCUT2D eigenvalue weighted by Crippen LogP contribution is 2.39. The Balaban J connectivity index is 2.90. The van der Waals surface area contributed by atoms with Crippen LogP contribution in [0.2, 0.25) is 0 Å². The van der Waals surface area contributed by atoms with Crippen molar-refractivity contribution in [1.29, 1.82) is 0 Å². The molecule has 0 amide bonds. The summed E-state index contributed by atoms with van der Waals surface area (Å²) in [5, 5.41) is 0. The molecule has 0 aliphatic heterocycles. The average Bonchev–Trinajstić information content (AvgIpc) is 1.87. The summed E-state index contributed by atoms with van der Waals surface area (Å²) in [7, 11) is 0. The van der Waals surface area contributed by atoms with Crippen molar-refractivity contribution in [3.05, 3.63) is 30.7 Å². The lowest BCUT2D eigenvalue weighted by Crippen LogP contribution is -2.36. The molecule has 0 spiro atoms. The minimum Gasteiger partial charge on any atom is -0.168 e. The van der Waals surface area contributed by atoms with E-state index < -0.39 is 11.1 Å². The van der Waals surface area contributed by atoms with E-state index in [-0.39, 0.29) is 0 Å². The molecule has 0 bridgehead atoms. The smallest absolute Gasteiger partial charge is 0.168 e. The lowest BCUT2D eigenvalue weighted by molar-refractivity contribution is -0.139. The summed E-state index contributed by atoms with van der Waals surface area (Å²) in [6.45, 7) is 0. The number of halogens is 4. The fourth-order valence-corrected chi connectivity index (χ4v) is 0.845. The van der Waals surface area contributed by atoms with Gasteiger partial charge in [-0.25, -0.2) is 0 Å². The highest BCUT2D eigenvalue weighted by Gasteiger charge is 2.50. The van der Waals surface area contributed by atoms with E-state index in [2.05, 4.69) is 0 Å². The Morgan fingerprint density at radius 3 is 1.82 bits per heavy atom. The zero-order valence-electron chi connectivity index (χ0n) is 5.40. The summed E-state index contributed by atoms with van der Waals surface area (Å²) < 4.78 is 36.2. The van der Waals surface area contributed by atoms with Gasteiger partial charge < -0.3 is 0 Å². The first-order valence-electron chi connectivity index (χ1n) is 2.92. The first kappa shape index (κ1) is 8.65. The maximum atomic E-state index is 12.1. The van der Waals surface area contributed by atoms with Crippen molar-refractivity contribution < 1.29 is 13.2 Å². The lowest BCUT2D eigenvalue weighted by atomic mass is 10.0. The van der Waals surface area contributed by atoms with E-state index in [9.17, 15) is 13.2 Å². The van der Waals surface area contributed by atoms with Gasteiger partial charge in [0, 0.05) is 6.42 Å². The molecule has 0 fully saturated rings. The molecule has 1 aliphatic rings. The van der Waals surface area contributed by atoms with Crippen LogP contribution in [0, 0.1) is 6.42 Å². The molecule has 0 nitrogen and oxygen atoms in total. The Bertz CT molecular complexity index is 190. The highest BCUT2D eigenvalue weighted by atomic mass is 35.5. The molecule has 1 rings (SSSR count). The fraction of sp³-hybridized carbons (Fsp3) is 0.286. The monoisotopic (exact) mass is 181 g/mol. The Labute approximate surface area is 67.3 Å². The van der Waals surface area contributed by atoms with E-state index in [0.29, 0.717) is 0 Å². The molecule has 0 atom stereocenters. The third-order valence-electron chi connectivity index (χ3n) is 1.33. The van der Waals surface area contributed by atoms with Crippen molar-refractivity contribution in [1.82, 2.24) is 0 Å². The first-order valence-corrected chi connectivity index (χ1v) is 3.29. The number of allylic oxidation sites excluding steroid dienone is 4. The van der Waals surface area contributed by atoms with Crippen molar-refractivity contribution in [2.45, 2.75) is 11.1 Å². The highest BCUT2D eigenvalue weighted by molar-refractivity contribution is 6.27. The second-order valence-electron chi connectivity index (χ2n) is 2.18. The number of alkyl halides is 4. The second-order valence-corrected chi connectivity index (χ2v) is 2.80. The molecule has 0 saturated carbocycles. The summed E-state index contributed by atoms with van der Waals surface area (Å²) >= 11 is 5.23. The predicted molar refractivity (Wildman–Crippen MR) is 37.2 cm³/mol. The van der Waals surface area contributed by atoms with Crippen LogP contribution in [-0.4, -0.2) is 11.1 Å². The molecule has 61 valence electrons. The Hall–Kier alpha value is -0.440. The van der Waals surface area contributed by atoms with Crippen molar-refractivity contribution in [2.75, 3.05) is 0 Å². The third-order valence-corrected chi connectivity index (χ3v) is 1.80. The minimum absolute atomic E-state index is 0.911. The molecule has 0 aromatic carbocycles. The van der Waals surface area contributed by atoms with Gasteiger partial charge in [-0.2, -0.15) is 13.2 Å². The minimum atomic E-state index is -4.42. The average molecular weight is 182 g/mol. The molecule has 4 heteroatoms. The molecule has 1 radical (unpaired) electrons. The fourth-order valence-electron chi connectivity index (χ4n) is 0.700. The van der Waals surface area contributed by atoms with Crippen LogP contribution in [0.25, 0.3) is 0 Å². The first-order chi connectivity index (χ1) is 4.96. The predicted octanol–water partition coefficient (Wildman–Crippen LogP) is 2.86.